The Morgan fingerprint density at radius 3 is 2.12 bits per heavy atom. The van der Waals surface area contributed by atoms with Gasteiger partial charge in [-0.05, 0) is 39.9 Å². The molecule has 0 aliphatic carbocycles. The van der Waals surface area contributed by atoms with Gasteiger partial charge >= 0.3 is 5.97 Å². The van der Waals surface area contributed by atoms with Crippen LogP contribution in [0.1, 0.15) is 33.6 Å². The first kappa shape index (κ1) is 15.2. The zero-order valence-corrected chi connectivity index (χ0v) is 12.3. The number of esters is 1. The average Bonchev–Trinajstić information content (AvgIpc) is 2.14. The lowest BCUT2D eigenvalue weighted by molar-refractivity contribution is -0.138. The van der Waals surface area contributed by atoms with Gasteiger partial charge in [-0.15, -0.1) is 0 Å². The molecule has 0 aromatic carbocycles. The first-order chi connectivity index (χ1) is 7.31. The predicted molar refractivity (Wildman–Crippen MR) is 68.7 cm³/mol. The lowest BCUT2D eigenvalue weighted by atomic mass is 10.2. The highest BCUT2D eigenvalue weighted by Crippen LogP contribution is 2.19. The second kappa shape index (κ2) is 6.73. The minimum Gasteiger partial charge on any atom is -0.547 e. The Balaban J connectivity index is 4.84. The highest BCUT2D eigenvalue weighted by molar-refractivity contribution is 6.70. The molecule has 0 amide bonds. The highest BCUT2D eigenvalue weighted by Gasteiger charge is 2.21. The third kappa shape index (κ3) is 5.95. The van der Waals surface area contributed by atoms with E-state index in [1.54, 1.807) is 6.92 Å². The molecule has 3 nitrogen and oxygen atoms in total. The molecule has 0 heterocycles. The molecule has 0 N–H and O–H groups in total. The van der Waals surface area contributed by atoms with E-state index in [4.69, 9.17) is 9.16 Å². The third-order valence-corrected chi connectivity index (χ3v) is 2.77. The van der Waals surface area contributed by atoms with Crippen LogP contribution >= 0.6 is 0 Å². The van der Waals surface area contributed by atoms with E-state index in [-0.39, 0.29) is 5.97 Å². The summed E-state index contributed by atoms with van der Waals surface area (Å²) in [7, 11) is -1.65. The summed E-state index contributed by atoms with van der Waals surface area (Å²) in [5, 5.41) is 0. The van der Waals surface area contributed by atoms with E-state index in [0.717, 1.165) is 18.6 Å². The van der Waals surface area contributed by atoms with Crippen LogP contribution in [-0.4, -0.2) is 20.9 Å². The van der Waals surface area contributed by atoms with Crippen LogP contribution in [0, 0.1) is 0 Å². The second-order valence-corrected chi connectivity index (χ2v) is 9.16. The molecule has 0 saturated heterocycles. The topological polar surface area (TPSA) is 35.5 Å². The molecule has 4 heteroatoms. The van der Waals surface area contributed by atoms with Crippen molar-refractivity contribution in [3.63, 3.8) is 0 Å². The van der Waals surface area contributed by atoms with Crippen molar-refractivity contribution in [2.45, 2.75) is 53.3 Å². The van der Waals surface area contributed by atoms with Crippen LogP contribution in [0.15, 0.2) is 11.3 Å². The Bertz CT molecular complexity index is 264. The standard InChI is InChI=1S/C12H24O3Si/c1-7-9-11(15-16(4,5)6)10(3)12(13)14-8-2/h7-9H2,1-6H3/b11-10+. The zero-order chi connectivity index (χ0) is 12.8. The van der Waals surface area contributed by atoms with E-state index < -0.39 is 8.32 Å². The van der Waals surface area contributed by atoms with Crippen molar-refractivity contribution in [2.24, 2.45) is 0 Å². The number of allylic oxidation sites excluding steroid dienone is 1. The Labute approximate surface area is 100.0 Å². The number of ether oxygens (including phenoxy) is 1. The molecule has 94 valence electrons. The lowest BCUT2D eigenvalue weighted by Gasteiger charge is -2.23. The first-order valence-electron chi connectivity index (χ1n) is 5.87. The maximum Gasteiger partial charge on any atom is 0.337 e. The van der Waals surface area contributed by atoms with E-state index in [1.807, 2.05) is 6.92 Å². The van der Waals surface area contributed by atoms with Crippen molar-refractivity contribution in [2.75, 3.05) is 6.61 Å². The smallest absolute Gasteiger partial charge is 0.337 e. The van der Waals surface area contributed by atoms with Crippen molar-refractivity contribution in [1.82, 2.24) is 0 Å². The molecular weight excluding hydrogens is 220 g/mol. The van der Waals surface area contributed by atoms with Gasteiger partial charge < -0.3 is 9.16 Å². The Kier molecular flexibility index (Phi) is 6.41. The quantitative estimate of drug-likeness (QED) is 0.310. The maximum absolute atomic E-state index is 11.6. The molecule has 0 bridgehead atoms. The summed E-state index contributed by atoms with van der Waals surface area (Å²) in [6.07, 6.45) is 1.77. The summed E-state index contributed by atoms with van der Waals surface area (Å²) >= 11 is 0. The molecule has 0 aliphatic rings. The fourth-order valence-electron chi connectivity index (χ4n) is 1.26. The van der Waals surface area contributed by atoms with E-state index >= 15 is 0 Å². The minimum absolute atomic E-state index is 0.260. The van der Waals surface area contributed by atoms with Gasteiger partial charge in [-0.25, -0.2) is 4.79 Å². The first-order valence-corrected chi connectivity index (χ1v) is 9.28. The Morgan fingerprint density at radius 2 is 1.75 bits per heavy atom. The number of hydrogen-bond acceptors (Lipinski definition) is 3. The van der Waals surface area contributed by atoms with Gasteiger partial charge in [0, 0.05) is 6.42 Å². The molecule has 16 heavy (non-hydrogen) atoms. The molecule has 0 atom stereocenters. The Hall–Kier alpha value is -0.773. The van der Waals surface area contributed by atoms with Gasteiger partial charge in [0.1, 0.15) is 0 Å². The maximum atomic E-state index is 11.6. The number of carbonyl (C=O) groups excluding carboxylic acids is 1. The molecule has 0 radical (unpaired) electrons. The summed E-state index contributed by atoms with van der Waals surface area (Å²) < 4.78 is 10.9. The molecule has 0 saturated carbocycles. The van der Waals surface area contributed by atoms with Crippen molar-refractivity contribution in [3.8, 4) is 0 Å². The van der Waals surface area contributed by atoms with Crippen LogP contribution in [0.4, 0.5) is 0 Å². The molecule has 0 aliphatic heterocycles. The van der Waals surface area contributed by atoms with Crippen LogP contribution in [0.5, 0.6) is 0 Å². The van der Waals surface area contributed by atoms with Crippen molar-refractivity contribution < 1.29 is 14.0 Å². The van der Waals surface area contributed by atoms with Gasteiger partial charge in [0.15, 0.2) is 0 Å². The molecule has 0 spiro atoms. The number of carbonyl (C=O) groups is 1. The van der Waals surface area contributed by atoms with Crippen molar-refractivity contribution >= 4 is 14.3 Å². The third-order valence-electron chi connectivity index (χ3n) is 1.91. The molecule has 0 aromatic rings. The van der Waals surface area contributed by atoms with Gasteiger partial charge in [-0.1, -0.05) is 6.92 Å². The molecule has 0 rings (SSSR count). The molecule has 0 fully saturated rings. The summed E-state index contributed by atoms with van der Waals surface area (Å²) in [4.78, 5) is 11.6. The van der Waals surface area contributed by atoms with Crippen LogP contribution < -0.4 is 0 Å². The second-order valence-electron chi connectivity index (χ2n) is 4.73. The largest absolute Gasteiger partial charge is 0.547 e. The van der Waals surface area contributed by atoms with Gasteiger partial charge in [-0.2, -0.15) is 0 Å². The average molecular weight is 244 g/mol. The van der Waals surface area contributed by atoms with Crippen LogP contribution in [0.2, 0.25) is 19.6 Å². The summed E-state index contributed by atoms with van der Waals surface area (Å²) in [5.41, 5.74) is 0.617. The van der Waals surface area contributed by atoms with E-state index in [2.05, 4.69) is 26.6 Å². The van der Waals surface area contributed by atoms with Gasteiger partial charge in [0.2, 0.25) is 8.32 Å². The molecule has 0 unspecified atom stereocenters. The Morgan fingerprint density at radius 1 is 1.19 bits per heavy atom. The lowest BCUT2D eigenvalue weighted by Crippen LogP contribution is -2.26. The van der Waals surface area contributed by atoms with Gasteiger partial charge in [-0.3, -0.25) is 0 Å². The molecular formula is C12H24O3Si. The summed E-state index contributed by atoms with van der Waals surface area (Å²) in [6, 6.07) is 0. The van der Waals surface area contributed by atoms with Gasteiger partial charge in [0.05, 0.1) is 17.9 Å². The molecule has 0 aromatic heterocycles. The monoisotopic (exact) mass is 244 g/mol. The zero-order valence-electron chi connectivity index (χ0n) is 11.3. The van der Waals surface area contributed by atoms with E-state index in [1.165, 1.54) is 0 Å². The normalized spacial score (nSPS) is 13.1. The summed E-state index contributed by atoms with van der Waals surface area (Å²) in [6.45, 7) is 12.4. The minimum atomic E-state index is -1.65. The van der Waals surface area contributed by atoms with Crippen molar-refractivity contribution in [3.05, 3.63) is 11.3 Å². The van der Waals surface area contributed by atoms with E-state index in [9.17, 15) is 4.79 Å². The fourth-order valence-corrected chi connectivity index (χ4v) is 2.26. The highest BCUT2D eigenvalue weighted by atomic mass is 28.4. The van der Waals surface area contributed by atoms with Gasteiger partial charge in [0.25, 0.3) is 0 Å². The predicted octanol–water partition coefficient (Wildman–Crippen LogP) is 3.48. The van der Waals surface area contributed by atoms with Crippen LogP contribution in [0.3, 0.4) is 0 Å². The number of rotatable bonds is 6. The van der Waals surface area contributed by atoms with E-state index in [0.29, 0.717) is 12.2 Å². The van der Waals surface area contributed by atoms with Crippen LogP contribution in [0.25, 0.3) is 0 Å². The van der Waals surface area contributed by atoms with Crippen LogP contribution in [-0.2, 0) is 14.0 Å². The fraction of sp³-hybridized carbons (Fsp3) is 0.750. The van der Waals surface area contributed by atoms with Crippen molar-refractivity contribution in [1.29, 1.82) is 0 Å². The number of hydrogen-bond donors (Lipinski definition) is 0. The summed E-state index contributed by atoms with van der Waals surface area (Å²) in [5.74, 6) is 0.546. The SMILES string of the molecule is CCC/C(O[Si](C)(C)C)=C(/C)C(=O)OCC.